The van der Waals surface area contributed by atoms with Crippen LogP contribution < -0.4 is 5.32 Å². The molecule has 3 rings (SSSR count). The molecule has 0 aliphatic carbocycles. The second-order valence-electron chi connectivity index (χ2n) is 6.97. The number of hydrogen-bond donors (Lipinski definition) is 1. The maximum Gasteiger partial charge on any atom is 0.254 e. The van der Waals surface area contributed by atoms with E-state index in [4.69, 9.17) is 4.74 Å². The SMILES string of the molecule is Cc1ccc(C(=O)N2CCN(CC(=O)NCC3CCCO3)CC2)cc1F. The molecule has 142 valence electrons. The van der Waals surface area contributed by atoms with Crippen LogP contribution in [0.3, 0.4) is 0 Å². The second kappa shape index (κ2) is 8.60. The summed E-state index contributed by atoms with van der Waals surface area (Å²) in [6.45, 7) is 5.68. The average Bonchev–Trinajstić information content (AvgIpc) is 3.16. The molecule has 26 heavy (non-hydrogen) atoms. The highest BCUT2D eigenvalue weighted by atomic mass is 19.1. The molecule has 7 heteroatoms. The Hall–Kier alpha value is -1.99. The number of carbonyl (C=O) groups excluding carboxylic acids is 2. The third-order valence-electron chi connectivity index (χ3n) is 5.00. The summed E-state index contributed by atoms with van der Waals surface area (Å²) in [5.74, 6) is -0.537. The number of hydrogen-bond acceptors (Lipinski definition) is 4. The van der Waals surface area contributed by atoms with Crippen LogP contribution in [0.25, 0.3) is 0 Å². The normalized spacial score (nSPS) is 21.0. The van der Waals surface area contributed by atoms with Gasteiger partial charge in [-0.25, -0.2) is 4.39 Å². The molecular weight excluding hydrogens is 337 g/mol. The van der Waals surface area contributed by atoms with E-state index in [1.54, 1.807) is 24.0 Å². The minimum Gasteiger partial charge on any atom is -0.376 e. The quantitative estimate of drug-likeness (QED) is 0.854. The number of ether oxygens (including phenoxy) is 1. The maximum absolute atomic E-state index is 13.7. The van der Waals surface area contributed by atoms with Crippen LogP contribution in [0.1, 0.15) is 28.8 Å². The standard InChI is InChI=1S/C19H26FN3O3/c1-14-4-5-15(11-17(14)20)19(25)23-8-6-22(7-9-23)13-18(24)21-12-16-3-2-10-26-16/h4-5,11,16H,2-3,6-10,12-13H2,1H3,(H,21,24). The summed E-state index contributed by atoms with van der Waals surface area (Å²) in [4.78, 5) is 28.3. The lowest BCUT2D eigenvalue weighted by Crippen LogP contribution is -2.51. The summed E-state index contributed by atoms with van der Waals surface area (Å²) in [5.41, 5.74) is 0.899. The van der Waals surface area contributed by atoms with Crippen molar-refractivity contribution in [2.75, 3.05) is 45.9 Å². The van der Waals surface area contributed by atoms with Crippen LogP contribution in [0.15, 0.2) is 18.2 Å². The molecule has 2 aliphatic heterocycles. The van der Waals surface area contributed by atoms with Crippen LogP contribution in [0.2, 0.25) is 0 Å². The van der Waals surface area contributed by atoms with E-state index in [2.05, 4.69) is 5.32 Å². The molecule has 2 saturated heterocycles. The number of aryl methyl sites for hydroxylation is 1. The van der Waals surface area contributed by atoms with Crippen molar-refractivity contribution in [2.24, 2.45) is 0 Å². The first-order valence-corrected chi connectivity index (χ1v) is 9.19. The van der Waals surface area contributed by atoms with Crippen LogP contribution in [0.4, 0.5) is 4.39 Å². The Kier molecular flexibility index (Phi) is 6.21. The fourth-order valence-corrected chi connectivity index (χ4v) is 3.31. The molecule has 0 saturated carbocycles. The van der Waals surface area contributed by atoms with Gasteiger partial charge in [0.25, 0.3) is 5.91 Å². The van der Waals surface area contributed by atoms with Gasteiger partial charge in [0.05, 0.1) is 12.6 Å². The van der Waals surface area contributed by atoms with Crippen LogP contribution in [-0.2, 0) is 9.53 Å². The summed E-state index contributed by atoms with van der Waals surface area (Å²) in [7, 11) is 0. The van der Waals surface area contributed by atoms with Crippen molar-refractivity contribution in [1.29, 1.82) is 0 Å². The van der Waals surface area contributed by atoms with E-state index in [1.165, 1.54) is 6.07 Å². The average molecular weight is 363 g/mol. The molecular formula is C19H26FN3O3. The summed E-state index contributed by atoms with van der Waals surface area (Å²) < 4.78 is 19.2. The van der Waals surface area contributed by atoms with E-state index < -0.39 is 0 Å². The lowest BCUT2D eigenvalue weighted by atomic mass is 10.1. The first kappa shape index (κ1) is 18.8. The number of nitrogens with one attached hydrogen (secondary N) is 1. The molecule has 0 radical (unpaired) electrons. The number of halogens is 1. The predicted molar refractivity (Wildman–Crippen MR) is 95.5 cm³/mol. The van der Waals surface area contributed by atoms with Crippen LogP contribution in [0.5, 0.6) is 0 Å². The Morgan fingerprint density at radius 1 is 1.27 bits per heavy atom. The number of carbonyl (C=O) groups is 2. The largest absolute Gasteiger partial charge is 0.376 e. The van der Waals surface area contributed by atoms with Crippen molar-refractivity contribution < 1.29 is 18.7 Å². The summed E-state index contributed by atoms with van der Waals surface area (Å²) >= 11 is 0. The summed E-state index contributed by atoms with van der Waals surface area (Å²) in [6, 6.07) is 4.57. The Morgan fingerprint density at radius 3 is 2.69 bits per heavy atom. The van der Waals surface area contributed by atoms with Crippen molar-refractivity contribution in [1.82, 2.24) is 15.1 Å². The third kappa shape index (κ3) is 4.80. The molecule has 1 unspecified atom stereocenters. The van der Waals surface area contributed by atoms with Crippen molar-refractivity contribution in [3.05, 3.63) is 35.1 Å². The Labute approximate surface area is 153 Å². The number of amides is 2. The molecule has 0 aromatic heterocycles. The highest BCUT2D eigenvalue weighted by Crippen LogP contribution is 2.13. The smallest absolute Gasteiger partial charge is 0.254 e. The van der Waals surface area contributed by atoms with E-state index in [0.29, 0.717) is 50.4 Å². The zero-order valence-electron chi connectivity index (χ0n) is 15.2. The Balaban J connectivity index is 1.42. The zero-order chi connectivity index (χ0) is 18.5. The van der Waals surface area contributed by atoms with Crippen molar-refractivity contribution in [3.63, 3.8) is 0 Å². The molecule has 0 spiro atoms. The molecule has 1 aromatic carbocycles. The highest BCUT2D eigenvalue weighted by Gasteiger charge is 2.24. The molecule has 2 fully saturated rings. The minimum absolute atomic E-state index is 0.0131. The highest BCUT2D eigenvalue weighted by molar-refractivity contribution is 5.94. The van der Waals surface area contributed by atoms with Gasteiger partial charge in [-0.3, -0.25) is 14.5 Å². The van der Waals surface area contributed by atoms with Crippen LogP contribution in [0, 0.1) is 12.7 Å². The molecule has 2 aliphatic rings. The van der Waals surface area contributed by atoms with Gasteiger partial charge in [-0.2, -0.15) is 0 Å². The minimum atomic E-state index is -0.364. The number of benzene rings is 1. The topological polar surface area (TPSA) is 61.9 Å². The van der Waals surface area contributed by atoms with E-state index >= 15 is 0 Å². The van der Waals surface area contributed by atoms with Crippen molar-refractivity contribution in [2.45, 2.75) is 25.9 Å². The monoisotopic (exact) mass is 363 g/mol. The van der Waals surface area contributed by atoms with E-state index in [1.807, 2.05) is 4.90 Å². The van der Waals surface area contributed by atoms with Gasteiger partial charge in [0.2, 0.25) is 5.91 Å². The van der Waals surface area contributed by atoms with Gasteiger partial charge in [0, 0.05) is 44.9 Å². The van der Waals surface area contributed by atoms with Crippen molar-refractivity contribution in [3.8, 4) is 0 Å². The predicted octanol–water partition coefficient (Wildman–Crippen LogP) is 1.19. The van der Waals surface area contributed by atoms with Crippen LogP contribution in [-0.4, -0.2) is 73.6 Å². The van der Waals surface area contributed by atoms with Gasteiger partial charge < -0.3 is 15.0 Å². The van der Waals surface area contributed by atoms with Gasteiger partial charge in [-0.15, -0.1) is 0 Å². The van der Waals surface area contributed by atoms with Gasteiger partial charge in [-0.1, -0.05) is 6.07 Å². The van der Waals surface area contributed by atoms with Crippen molar-refractivity contribution >= 4 is 11.8 Å². The number of piperazine rings is 1. The molecule has 1 N–H and O–H groups in total. The maximum atomic E-state index is 13.7. The fourth-order valence-electron chi connectivity index (χ4n) is 3.31. The summed E-state index contributed by atoms with van der Waals surface area (Å²) in [6.07, 6.45) is 2.20. The number of nitrogens with zero attached hydrogens (tertiary/aromatic N) is 2. The second-order valence-corrected chi connectivity index (χ2v) is 6.97. The molecule has 1 atom stereocenters. The molecule has 6 nitrogen and oxygen atoms in total. The van der Waals surface area contributed by atoms with Crippen LogP contribution >= 0.6 is 0 Å². The van der Waals surface area contributed by atoms with E-state index in [0.717, 1.165) is 19.4 Å². The Bertz CT molecular complexity index is 653. The first-order valence-electron chi connectivity index (χ1n) is 9.19. The van der Waals surface area contributed by atoms with E-state index in [-0.39, 0.29) is 23.7 Å². The lowest BCUT2D eigenvalue weighted by Gasteiger charge is -2.34. The van der Waals surface area contributed by atoms with E-state index in [9.17, 15) is 14.0 Å². The molecule has 1 aromatic rings. The number of rotatable bonds is 5. The van der Waals surface area contributed by atoms with Gasteiger partial charge in [0.1, 0.15) is 5.82 Å². The first-order chi connectivity index (χ1) is 12.5. The summed E-state index contributed by atoms with van der Waals surface area (Å²) in [5, 5.41) is 2.92. The third-order valence-corrected chi connectivity index (χ3v) is 5.00. The zero-order valence-corrected chi connectivity index (χ0v) is 15.2. The Morgan fingerprint density at radius 2 is 2.04 bits per heavy atom. The van der Waals surface area contributed by atoms with Gasteiger partial charge in [-0.05, 0) is 37.5 Å². The fraction of sp³-hybridized carbons (Fsp3) is 0.579. The lowest BCUT2D eigenvalue weighted by molar-refractivity contribution is -0.123. The molecule has 2 heterocycles. The van der Waals surface area contributed by atoms with Gasteiger partial charge in [0.15, 0.2) is 0 Å². The van der Waals surface area contributed by atoms with Gasteiger partial charge >= 0.3 is 0 Å². The molecule has 2 amide bonds. The molecule has 0 bridgehead atoms.